The van der Waals surface area contributed by atoms with Crippen LogP contribution in [0, 0.1) is 0 Å². The molecule has 1 radical (unpaired) electrons. The van der Waals surface area contributed by atoms with Crippen LogP contribution in [0.2, 0.25) is 0 Å². The van der Waals surface area contributed by atoms with E-state index in [9.17, 15) is 4.32 Å². The molecule has 0 unspecified atom stereocenters. The fourth-order valence-corrected chi connectivity index (χ4v) is 0. The van der Waals surface area contributed by atoms with E-state index in [0.29, 0.717) is 0 Å². The summed E-state index contributed by atoms with van der Waals surface area (Å²) in [7, 11) is -0.502. The maximum atomic E-state index is 10.3. The molecule has 0 spiro atoms. The monoisotopic (exact) mass is 77.0 g/mol. The van der Waals surface area contributed by atoms with Crippen LogP contribution in [0.25, 0.3) is 0 Å². The summed E-state index contributed by atoms with van der Waals surface area (Å²) in [5.41, 5.74) is 0. The molecule has 0 saturated heterocycles. The van der Waals surface area contributed by atoms with Gasteiger partial charge >= 0.3 is 7.28 Å². The first-order valence-corrected chi connectivity index (χ1v) is 1.54. The predicted octanol–water partition coefficient (Wildman–Crippen LogP) is 0.782. The van der Waals surface area contributed by atoms with E-state index >= 15 is 0 Å². The highest BCUT2D eigenvalue weighted by molar-refractivity contribution is 7.59. The molecule has 0 aromatic rings. The molecular formula is BFOP. The first kappa shape index (κ1) is 4.09. The van der Waals surface area contributed by atoms with Gasteiger partial charge in [-0.05, 0) is 0 Å². The highest BCUT2D eigenvalue weighted by Crippen LogP contribution is 1.81. The molecule has 0 aromatic heterocycles. The van der Waals surface area contributed by atoms with Crippen molar-refractivity contribution in [2.75, 3.05) is 0 Å². The third-order valence-electron chi connectivity index (χ3n) is 0.0398. The van der Waals surface area contributed by atoms with Gasteiger partial charge in [-0.15, -0.1) is 0 Å². The van der Waals surface area contributed by atoms with Gasteiger partial charge in [0.1, 0.15) is 8.34 Å². The van der Waals surface area contributed by atoms with Crippen LogP contribution in [0.15, 0.2) is 0 Å². The van der Waals surface area contributed by atoms with Gasteiger partial charge in [-0.3, -0.25) is 4.57 Å². The van der Waals surface area contributed by atoms with E-state index in [1.165, 1.54) is 0 Å². The van der Waals surface area contributed by atoms with E-state index in [2.05, 4.69) is 0 Å². The van der Waals surface area contributed by atoms with Crippen LogP contribution >= 0.6 is 8.34 Å². The Kier molecular flexibility index (Phi) is 3.17. The fourth-order valence-electron chi connectivity index (χ4n) is 0. The second kappa shape index (κ2) is 3.09. The standard InChI is InChI=1S/BFOP/c2-1-4-3. The maximum Gasteiger partial charge on any atom is 0.471 e. The average Bonchev–Trinajstić information content (AvgIpc) is 1.37. The molecule has 21 valence electrons. The van der Waals surface area contributed by atoms with Crippen molar-refractivity contribution < 1.29 is 8.88 Å². The fraction of sp³-hybridized carbons (Fsp3) is 0. The van der Waals surface area contributed by atoms with Gasteiger partial charge in [0.25, 0.3) is 0 Å². The van der Waals surface area contributed by atoms with Crippen LogP contribution in [-0.4, -0.2) is 7.28 Å². The van der Waals surface area contributed by atoms with Gasteiger partial charge < -0.3 is 4.32 Å². The smallest absolute Gasteiger partial charge is 0.324 e. The van der Waals surface area contributed by atoms with Crippen LogP contribution in [0.4, 0.5) is 4.32 Å². The number of hydrogen-bond donors (Lipinski definition) is 0. The second-order valence-corrected chi connectivity index (χ2v) is 0.609. The molecule has 0 aromatic carbocycles. The van der Waals surface area contributed by atoms with Crippen molar-refractivity contribution in [1.29, 1.82) is 0 Å². The van der Waals surface area contributed by atoms with E-state index in [4.69, 9.17) is 4.57 Å². The van der Waals surface area contributed by atoms with E-state index in [1.54, 1.807) is 0 Å². The lowest BCUT2D eigenvalue weighted by Crippen LogP contribution is -1.44. The lowest BCUT2D eigenvalue weighted by atomic mass is 10.6. The minimum Gasteiger partial charge on any atom is -0.324 e. The molecule has 0 aliphatic carbocycles. The zero-order valence-corrected chi connectivity index (χ0v) is 2.71. The van der Waals surface area contributed by atoms with Crippen molar-refractivity contribution in [3.05, 3.63) is 0 Å². The molecule has 1 nitrogen and oxygen atoms in total. The molecule has 0 fully saturated rings. The summed E-state index contributed by atoms with van der Waals surface area (Å²) in [5, 5.41) is 0. The molecule has 0 amide bonds. The summed E-state index contributed by atoms with van der Waals surface area (Å²) in [5.74, 6) is 0. The van der Waals surface area contributed by atoms with Crippen molar-refractivity contribution in [3.63, 3.8) is 0 Å². The Labute approximate surface area is 25.7 Å². The van der Waals surface area contributed by atoms with Crippen LogP contribution in [0.1, 0.15) is 0 Å². The van der Waals surface area contributed by atoms with Crippen LogP contribution < -0.4 is 0 Å². The molecule has 4 heavy (non-hydrogen) atoms. The summed E-state index contributed by atoms with van der Waals surface area (Å²) < 4.78 is 19.1. The molecule has 0 bridgehead atoms. The topological polar surface area (TPSA) is 17.1 Å². The third-order valence-corrected chi connectivity index (χ3v) is 0.120. The minimum absolute atomic E-state index is 0.0417. The van der Waals surface area contributed by atoms with Crippen molar-refractivity contribution in [1.82, 2.24) is 0 Å². The largest absolute Gasteiger partial charge is 0.471 e. The molecule has 0 saturated carbocycles. The molecule has 0 N–H and O–H groups in total. The summed E-state index contributed by atoms with van der Waals surface area (Å²) in [6.45, 7) is 0. The van der Waals surface area contributed by atoms with Gasteiger partial charge in [0, 0.05) is 0 Å². The Morgan fingerprint density at radius 3 is 2.25 bits per heavy atom. The maximum absolute atomic E-state index is 10.3. The lowest BCUT2D eigenvalue weighted by molar-refractivity contribution is 0.603. The molecule has 0 heterocycles. The Morgan fingerprint density at radius 1 is 2.00 bits per heavy atom. The second-order valence-electron chi connectivity index (χ2n) is 0.203. The number of rotatable bonds is 1. The Bertz CT molecular complexity index is 22.0. The molecule has 0 atom stereocenters. The van der Waals surface area contributed by atoms with Gasteiger partial charge in [0.2, 0.25) is 0 Å². The van der Waals surface area contributed by atoms with Crippen LogP contribution in [0.5, 0.6) is 0 Å². The quantitative estimate of drug-likeness (QED) is 0.333. The van der Waals surface area contributed by atoms with Gasteiger partial charge in [-0.1, -0.05) is 0 Å². The van der Waals surface area contributed by atoms with Crippen molar-refractivity contribution >= 4 is 15.6 Å². The van der Waals surface area contributed by atoms with Crippen LogP contribution in [0.3, 0.4) is 0 Å². The zero-order valence-electron chi connectivity index (χ0n) is 1.81. The lowest BCUT2D eigenvalue weighted by Gasteiger charge is -1.39. The summed E-state index contributed by atoms with van der Waals surface area (Å²) >= 11 is 0. The van der Waals surface area contributed by atoms with Crippen molar-refractivity contribution in [2.45, 2.75) is 0 Å². The third kappa shape index (κ3) is 2.09. The van der Waals surface area contributed by atoms with Crippen molar-refractivity contribution in [3.8, 4) is 0 Å². The molecule has 0 aliphatic rings. The Morgan fingerprint density at radius 2 is 2.25 bits per heavy atom. The van der Waals surface area contributed by atoms with Crippen molar-refractivity contribution in [2.24, 2.45) is 0 Å². The Hall–Kier alpha value is 0.0949. The SMILES string of the molecule is O=P[B]F. The average molecular weight is 76.8 g/mol. The van der Waals surface area contributed by atoms with Crippen LogP contribution in [-0.2, 0) is 4.57 Å². The predicted molar refractivity (Wildman–Crippen MR) is 14.5 cm³/mol. The summed E-state index contributed by atoms with van der Waals surface area (Å²) in [4.78, 5) is 0. The van der Waals surface area contributed by atoms with E-state index < -0.39 is 8.34 Å². The molecule has 4 heteroatoms. The highest BCUT2D eigenvalue weighted by atomic mass is 31.1. The van der Waals surface area contributed by atoms with Gasteiger partial charge in [-0.25, -0.2) is 0 Å². The van der Waals surface area contributed by atoms with E-state index in [0.717, 1.165) is 0 Å². The summed E-state index contributed by atoms with van der Waals surface area (Å²) in [6.07, 6.45) is 0. The van der Waals surface area contributed by atoms with E-state index in [-0.39, 0.29) is 7.28 Å². The van der Waals surface area contributed by atoms with E-state index in [1.807, 2.05) is 0 Å². The van der Waals surface area contributed by atoms with Gasteiger partial charge in [0.05, 0.1) is 0 Å². The normalized spacial score (nSPS) is 7.25. The molecular weight excluding hydrogens is 76.8 g/mol. The minimum atomic E-state index is -0.543. The number of halogens is 1. The highest BCUT2D eigenvalue weighted by Gasteiger charge is 1.72. The Balaban J connectivity index is 2.30. The van der Waals surface area contributed by atoms with Gasteiger partial charge in [0.15, 0.2) is 0 Å². The first-order valence-electron chi connectivity index (χ1n) is 0.659. The summed E-state index contributed by atoms with van der Waals surface area (Å²) in [6, 6.07) is 0. The molecule has 0 rings (SSSR count). The number of hydrogen-bond acceptors (Lipinski definition) is 1. The first-order chi connectivity index (χ1) is 1.91. The molecule has 0 aliphatic heterocycles. The zero-order chi connectivity index (χ0) is 3.41. The van der Waals surface area contributed by atoms with Gasteiger partial charge in [-0.2, -0.15) is 0 Å².